The molecule has 0 fully saturated rings. The van der Waals surface area contributed by atoms with Crippen LogP contribution in [0.5, 0.6) is 0 Å². The van der Waals surface area contributed by atoms with Crippen LogP contribution >= 0.6 is 11.6 Å². The zero-order chi connectivity index (χ0) is 14.5. The van der Waals surface area contributed by atoms with Crippen molar-refractivity contribution in [2.24, 2.45) is 4.99 Å². The molecule has 2 N–H and O–H groups in total. The highest BCUT2D eigenvalue weighted by Gasteiger charge is 2.05. The first kappa shape index (κ1) is 14.3. The molecule has 0 aliphatic rings. The minimum atomic E-state index is 0.507. The fourth-order valence-corrected chi connectivity index (χ4v) is 2.18. The number of hydrogen-bond donors (Lipinski definition) is 1. The smallest absolute Gasteiger partial charge is 0.123 e. The summed E-state index contributed by atoms with van der Waals surface area (Å²) in [5.74, 6) is 0.507. The molecule has 0 unspecified atom stereocenters. The van der Waals surface area contributed by atoms with E-state index in [1.165, 1.54) is 0 Å². The van der Waals surface area contributed by atoms with Gasteiger partial charge in [-0.15, -0.1) is 0 Å². The molecule has 0 aliphatic heterocycles. The van der Waals surface area contributed by atoms with Gasteiger partial charge in [0.15, 0.2) is 0 Å². The van der Waals surface area contributed by atoms with Crippen molar-refractivity contribution >= 4 is 29.2 Å². The van der Waals surface area contributed by atoms with Crippen molar-refractivity contribution in [1.29, 1.82) is 0 Å². The van der Waals surface area contributed by atoms with Crippen LogP contribution in [0.15, 0.2) is 47.7 Å². The van der Waals surface area contributed by atoms with Crippen LogP contribution in [0.3, 0.4) is 0 Å². The van der Waals surface area contributed by atoms with Crippen LogP contribution in [-0.2, 0) is 0 Å². The Bertz CT molecular complexity index is 658. The highest BCUT2D eigenvalue weighted by Crippen LogP contribution is 2.29. The average Bonchev–Trinajstić information content (AvgIpc) is 2.45. The monoisotopic (exact) mass is 285 g/mol. The van der Waals surface area contributed by atoms with Gasteiger partial charge in [-0.25, -0.2) is 4.98 Å². The summed E-state index contributed by atoms with van der Waals surface area (Å²) in [6, 6.07) is 9.64. The molecule has 2 rings (SSSR count). The lowest BCUT2D eigenvalue weighted by Crippen LogP contribution is -1.89. The van der Waals surface area contributed by atoms with Crippen molar-refractivity contribution in [2.75, 3.05) is 5.73 Å². The summed E-state index contributed by atoms with van der Waals surface area (Å²) in [6.07, 6.45) is 5.28. The summed E-state index contributed by atoms with van der Waals surface area (Å²) >= 11 is 6.35. The Labute approximate surface area is 123 Å². The molecule has 1 heterocycles. The van der Waals surface area contributed by atoms with Gasteiger partial charge in [-0.2, -0.15) is 0 Å². The first-order chi connectivity index (χ1) is 9.61. The third kappa shape index (κ3) is 3.25. The number of nitrogen functional groups attached to an aromatic ring is 1. The third-order valence-electron chi connectivity index (χ3n) is 2.93. The number of anilines is 1. The largest absolute Gasteiger partial charge is 0.384 e. The number of halogens is 1. The molecule has 0 radical (unpaired) electrons. The predicted molar refractivity (Wildman–Crippen MR) is 86.9 cm³/mol. The van der Waals surface area contributed by atoms with E-state index in [9.17, 15) is 0 Å². The number of hydrogen-bond acceptors (Lipinski definition) is 3. The second kappa shape index (κ2) is 6.35. The number of nitrogens with two attached hydrogens (primary N) is 1. The SMILES string of the molecule is CC=N/C=C(\C)c1ccc(-c2ccc(N)nc2)cc1Cl. The Kier molecular flexibility index (Phi) is 4.53. The lowest BCUT2D eigenvalue weighted by Gasteiger charge is -2.07. The van der Waals surface area contributed by atoms with Gasteiger partial charge in [-0.3, -0.25) is 4.99 Å². The summed E-state index contributed by atoms with van der Waals surface area (Å²) in [4.78, 5) is 8.20. The third-order valence-corrected chi connectivity index (χ3v) is 3.24. The van der Waals surface area contributed by atoms with E-state index in [1.54, 1.807) is 24.7 Å². The maximum atomic E-state index is 6.35. The number of pyridine rings is 1. The Balaban J connectivity index is 2.37. The van der Waals surface area contributed by atoms with E-state index in [2.05, 4.69) is 9.98 Å². The van der Waals surface area contributed by atoms with Crippen LogP contribution in [0.25, 0.3) is 16.7 Å². The second-order valence-corrected chi connectivity index (χ2v) is 4.79. The average molecular weight is 286 g/mol. The standard InChI is InChI=1S/C16H16ClN3/c1-3-19-9-11(2)14-6-4-12(8-15(14)17)13-5-7-16(18)20-10-13/h3-10H,1-2H3,(H2,18,20)/b11-9+,19-3?. The number of aromatic nitrogens is 1. The van der Waals surface area contributed by atoms with E-state index in [0.29, 0.717) is 10.8 Å². The van der Waals surface area contributed by atoms with Crippen molar-refractivity contribution in [2.45, 2.75) is 13.8 Å². The van der Waals surface area contributed by atoms with E-state index in [0.717, 1.165) is 22.3 Å². The van der Waals surface area contributed by atoms with Crippen molar-refractivity contribution in [3.8, 4) is 11.1 Å². The quantitative estimate of drug-likeness (QED) is 0.848. The van der Waals surface area contributed by atoms with E-state index in [1.807, 2.05) is 38.1 Å². The molecular formula is C16H16ClN3. The number of rotatable bonds is 3. The molecule has 1 aromatic heterocycles. The van der Waals surface area contributed by atoms with Gasteiger partial charge in [-0.05, 0) is 48.7 Å². The summed E-state index contributed by atoms with van der Waals surface area (Å²) in [6.45, 7) is 3.86. The van der Waals surface area contributed by atoms with Crippen LogP contribution in [0.1, 0.15) is 19.4 Å². The van der Waals surface area contributed by atoms with Gasteiger partial charge >= 0.3 is 0 Å². The topological polar surface area (TPSA) is 51.3 Å². The predicted octanol–water partition coefficient (Wildman–Crippen LogP) is 4.44. The summed E-state index contributed by atoms with van der Waals surface area (Å²) in [5.41, 5.74) is 9.59. The molecule has 0 saturated carbocycles. The first-order valence-electron chi connectivity index (χ1n) is 6.28. The molecule has 0 amide bonds. The lowest BCUT2D eigenvalue weighted by molar-refractivity contribution is 1.34. The normalized spacial score (nSPS) is 12.1. The molecule has 2 aromatic rings. The molecule has 0 saturated heterocycles. The number of allylic oxidation sites excluding steroid dienone is 1. The molecule has 3 nitrogen and oxygen atoms in total. The maximum absolute atomic E-state index is 6.35. The van der Waals surface area contributed by atoms with Gasteiger partial charge in [0.2, 0.25) is 0 Å². The minimum absolute atomic E-state index is 0.507. The summed E-state index contributed by atoms with van der Waals surface area (Å²) in [5, 5.41) is 0.694. The Morgan fingerprint density at radius 1 is 1.25 bits per heavy atom. The lowest BCUT2D eigenvalue weighted by atomic mass is 10.0. The summed E-state index contributed by atoms with van der Waals surface area (Å²) < 4.78 is 0. The number of benzene rings is 1. The second-order valence-electron chi connectivity index (χ2n) is 4.39. The zero-order valence-electron chi connectivity index (χ0n) is 11.5. The minimum Gasteiger partial charge on any atom is -0.384 e. The van der Waals surface area contributed by atoms with E-state index in [4.69, 9.17) is 17.3 Å². The molecule has 1 aromatic carbocycles. The Hall–Kier alpha value is -2.13. The van der Waals surface area contributed by atoms with Gasteiger partial charge in [0, 0.05) is 29.2 Å². The Morgan fingerprint density at radius 2 is 2.00 bits per heavy atom. The number of nitrogens with zero attached hydrogens (tertiary/aromatic N) is 2. The van der Waals surface area contributed by atoms with Crippen LogP contribution in [-0.4, -0.2) is 11.2 Å². The fraction of sp³-hybridized carbons (Fsp3) is 0.125. The molecule has 4 heteroatoms. The molecule has 102 valence electrons. The molecule has 0 aliphatic carbocycles. The van der Waals surface area contributed by atoms with E-state index in [-0.39, 0.29) is 0 Å². The van der Waals surface area contributed by atoms with Crippen LogP contribution in [0.4, 0.5) is 5.82 Å². The van der Waals surface area contributed by atoms with E-state index >= 15 is 0 Å². The highest BCUT2D eigenvalue weighted by atomic mass is 35.5. The van der Waals surface area contributed by atoms with Crippen molar-refractivity contribution < 1.29 is 0 Å². The van der Waals surface area contributed by atoms with E-state index < -0.39 is 0 Å². The molecule has 0 spiro atoms. The van der Waals surface area contributed by atoms with Gasteiger partial charge in [0.05, 0.1) is 0 Å². The molecule has 0 bridgehead atoms. The molecule has 0 atom stereocenters. The fourth-order valence-electron chi connectivity index (χ4n) is 1.85. The van der Waals surface area contributed by atoms with Crippen molar-refractivity contribution in [1.82, 2.24) is 4.98 Å². The molecular weight excluding hydrogens is 270 g/mol. The van der Waals surface area contributed by atoms with Gasteiger partial charge in [0.25, 0.3) is 0 Å². The van der Waals surface area contributed by atoms with Gasteiger partial charge in [-0.1, -0.05) is 23.7 Å². The van der Waals surface area contributed by atoms with Gasteiger partial charge < -0.3 is 5.73 Å². The van der Waals surface area contributed by atoms with Crippen LogP contribution < -0.4 is 5.73 Å². The van der Waals surface area contributed by atoms with Crippen LogP contribution in [0, 0.1) is 0 Å². The van der Waals surface area contributed by atoms with Crippen LogP contribution in [0.2, 0.25) is 5.02 Å². The summed E-state index contributed by atoms with van der Waals surface area (Å²) in [7, 11) is 0. The maximum Gasteiger partial charge on any atom is 0.123 e. The highest BCUT2D eigenvalue weighted by molar-refractivity contribution is 6.32. The number of aliphatic imine (C=N–C) groups is 1. The van der Waals surface area contributed by atoms with Gasteiger partial charge in [0.1, 0.15) is 5.82 Å². The zero-order valence-corrected chi connectivity index (χ0v) is 12.2. The van der Waals surface area contributed by atoms with Crippen molar-refractivity contribution in [3.63, 3.8) is 0 Å². The van der Waals surface area contributed by atoms with Crippen molar-refractivity contribution in [3.05, 3.63) is 53.3 Å². The Morgan fingerprint density at radius 3 is 2.60 bits per heavy atom. The molecule has 20 heavy (non-hydrogen) atoms. The first-order valence-corrected chi connectivity index (χ1v) is 6.66.